The molecule has 0 aromatic heterocycles. The van der Waals surface area contributed by atoms with E-state index < -0.39 is 6.10 Å². The molecule has 0 amide bonds. The number of β-amino-alcohol motifs (C(OH)–C–C–N with tert-alkyl or cyclic N) is 1. The first-order chi connectivity index (χ1) is 9.54. The molecule has 1 aliphatic rings. The van der Waals surface area contributed by atoms with Crippen LogP contribution in [0.5, 0.6) is 0 Å². The number of aliphatic hydroxyl groups is 1. The number of benzene rings is 1. The minimum absolute atomic E-state index is 0.286. The van der Waals surface area contributed by atoms with Gasteiger partial charge in [0.05, 0.1) is 6.10 Å². The normalized spacial score (nSPS) is 19.4. The molecule has 0 radical (unpaired) electrons. The largest absolute Gasteiger partial charge is 0.387 e. The van der Waals surface area contributed by atoms with Gasteiger partial charge in [0.15, 0.2) is 0 Å². The van der Waals surface area contributed by atoms with Crippen molar-refractivity contribution < 1.29 is 9.50 Å². The highest BCUT2D eigenvalue weighted by Gasteiger charge is 2.21. The van der Waals surface area contributed by atoms with Crippen molar-refractivity contribution >= 4 is 0 Å². The van der Waals surface area contributed by atoms with Crippen LogP contribution in [0.2, 0.25) is 0 Å². The maximum Gasteiger partial charge on any atom is 0.123 e. The highest BCUT2D eigenvalue weighted by Crippen LogP contribution is 2.21. The molecule has 4 heteroatoms. The summed E-state index contributed by atoms with van der Waals surface area (Å²) in [7, 11) is 4.22. The third-order valence-electron chi connectivity index (χ3n) is 4.00. The van der Waals surface area contributed by atoms with Crippen LogP contribution < -0.4 is 0 Å². The highest BCUT2D eigenvalue weighted by atomic mass is 19.1. The van der Waals surface area contributed by atoms with E-state index in [1.54, 1.807) is 12.1 Å². The third-order valence-corrected chi connectivity index (χ3v) is 4.00. The van der Waals surface area contributed by atoms with Crippen molar-refractivity contribution in [2.45, 2.75) is 18.9 Å². The molecule has 0 unspecified atom stereocenters. The van der Waals surface area contributed by atoms with Gasteiger partial charge in [-0.1, -0.05) is 12.1 Å². The van der Waals surface area contributed by atoms with Crippen LogP contribution >= 0.6 is 0 Å². The fourth-order valence-corrected chi connectivity index (χ4v) is 2.93. The SMILES string of the molecule is CN(C)CC1CCN(C[C@H](O)c2cccc(F)c2)CC1. The first-order valence-corrected chi connectivity index (χ1v) is 7.35. The Morgan fingerprint density at radius 2 is 2.05 bits per heavy atom. The summed E-state index contributed by atoms with van der Waals surface area (Å²) in [5.74, 6) is 0.471. The lowest BCUT2D eigenvalue weighted by Crippen LogP contribution is -2.39. The second-order valence-electron chi connectivity index (χ2n) is 6.08. The van der Waals surface area contributed by atoms with Crippen LogP contribution in [0, 0.1) is 11.7 Å². The summed E-state index contributed by atoms with van der Waals surface area (Å²) in [6, 6.07) is 6.26. The van der Waals surface area contributed by atoms with E-state index in [1.807, 2.05) is 0 Å². The molecule has 0 saturated carbocycles. The van der Waals surface area contributed by atoms with Crippen molar-refractivity contribution in [3.63, 3.8) is 0 Å². The molecule has 1 N–H and O–H groups in total. The average Bonchev–Trinajstić information content (AvgIpc) is 2.40. The number of nitrogens with zero attached hydrogens (tertiary/aromatic N) is 2. The van der Waals surface area contributed by atoms with Gasteiger partial charge in [-0.3, -0.25) is 0 Å². The Labute approximate surface area is 121 Å². The molecule has 3 nitrogen and oxygen atoms in total. The Balaban J connectivity index is 1.80. The molecule has 20 heavy (non-hydrogen) atoms. The third kappa shape index (κ3) is 4.54. The first kappa shape index (κ1) is 15.4. The van der Waals surface area contributed by atoms with Crippen LogP contribution in [0.3, 0.4) is 0 Å². The molecule has 1 aromatic rings. The minimum atomic E-state index is -0.601. The second-order valence-corrected chi connectivity index (χ2v) is 6.08. The monoisotopic (exact) mass is 280 g/mol. The fourth-order valence-electron chi connectivity index (χ4n) is 2.93. The molecule has 0 aliphatic carbocycles. The summed E-state index contributed by atoms with van der Waals surface area (Å²) < 4.78 is 13.1. The van der Waals surface area contributed by atoms with Gasteiger partial charge in [0, 0.05) is 13.1 Å². The van der Waals surface area contributed by atoms with Crippen LogP contribution in [-0.2, 0) is 0 Å². The maximum atomic E-state index is 13.1. The molecule has 112 valence electrons. The molecule has 1 fully saturated rings. The quantitative estimate of drug-likeness (QED) is 0.895. The number of piperidine rings is 1. The average molecular weight is 280 g/mol. The zero-order valence-electron chi connectivity index (χ0n) is 12.4. The van der Waals surface area contributed by atoms with Crippen molar-refractivity contribution in [1.29, 1.82) is 0 Å². The molecular formula is C16H25FN2O. The molecule has 1 atom stereocenters. The summed E-state index contributed by atoms with van der Waals surface area (Å²) in [4.78, 5) is 4.52. The van der Waals surface area contributed by atoms with Gasteiger partial charge in [0.25, 0.3) is 0 Å². The van der Waals surface area contributed by atoms with Gasteiger partial charge in [-0.15, -0.1) is 0 Å². The summed E-state index contributed by atoms with van der Waals surface area (Å²) in [5, 5.41) is 10.2. The van der Waals surface area contributed by atoms with E-state index in [4.69, 9.17) is 0 Å². The predicted molar refractivity (Wildman–Crippen MR) is 79.1 cm³/mol. The van der Waals surface area contributed by atoms with Crippen LogP contribution in [0.25, 0.3) is 0 Å². The number of likely N-dealkylation sites (tertiary alicyclic amines) is 1. The lowest BCUT2D eigenvalue weighted by molar-refractivity contribution is 0.0845. The van der Waals surface area contributed by atoms with Crippen molar-refractivity contribution in [3.8, 4) is 0 Å². The molecule has 0 spiro atoms. The maximum absolute atomic E-state index is 13.1. The van der Waals surface area contributed by atoms with E-state index in [0.29, 0.717) is 12.1 Å². The lowest BCUT2D eigenvalue weighted by Gasteiger charge is -2.34. The van der Waals surface area contributed by atoms with Gasteiger partial charge in [0.2, 0.25) is 0 Å². The van der Waals surface area contributed by atoms with E-state index in [1.165, 1.54) is 25.0 Å². The van der Waals surface area contributed by atoms with Crippen molar-refractivity contribution in [3.05, 3.63) is 35.6 Å². The summed E-state index contributed by atoms with van der Waals surface area (Å²) in [6.07, 6.45) is 1.75. The number of halogens is 1. The van der Waals surface area contributed by atoms with E-state index >= 15 is 0 Å². The Morgan fingerprint density at radius 3 is 2.65 bits per heavy atom. The number of hydrogen-bond donors (Lipinski definition) is 1. The van der Waals surface area contributed by atoms with Crippen molar-refractivity contribution in [2.24, 2.45) is 5.92 Å². The molecular weight excluding hydrogens is 255 g/mol. The first-order valence-electron chi connectivity index (χ1n) is 7.35. The van der Waals surface area contributed by atoms with Gasteiger partial charge in [0.1, 0.15) is 5.82 Å². The predicted octanol–water partition coefficient (Wildman–Crippen LogP) is 2.13. The molecule has 1 aromatic carbocycles. The number of aliphatic hydroxyl groups excluding tert-OH is 1. The van der Waals surface area contributed by atoms with Crippen LogP contribution in [-0.4, -0.2) is 55.2 Å². The van der Waals surface area contributed by atoms with Gasteiger partial charge >= 0.3 is 0 Å². The van der Waals surface area contributed by atoms with E-state index in [0.717, 1.165) is 25.6 Å². The van der Waals surface area contributed by atoms with Crippen LogP contribution in [0.1, 0.15) is 24.5 Å². The van der Waals surface area contributed by atoms with E-state index in [9.17, 15) is 9.50 Å². The van der Waals surface area contributed by atoms with Crippen LogP contribution in [0.15, 0.2) is 24.3 Å². The topological polar surface area (TPSA) is 26.7 Å². The number of rotatable bonds is 5. The van der Waals surface area contributed by atoms with Crippen molar-refractivity contribution in [1.82, 2.24) is 9.80 Å². The molecule has 1 saturated heterocycles. The Kier molecular flexibility index (Phi) is 5.52. The van der Waals surface area contributed by atoms with Gasteiger partial charge < -0.3 is 14.9 Å². The number of hydrogen-bond acceptors (Lipinski definition) is 3. The highest BCUT2D eigenvalue weighted by molar-refractivity contribution is 5.19. The van der Waals surface area contributed by atoms with Crippen LogP contribution in [0.4, 0.5) is 4.39 Å². The standard InChI is InChI=1S/C16H25FN2O/c1-18(2)11-13-6-8-19(9-7-13)12-16(20)14-4-3-5-15(17)10-14/h3-5,10,13,16,20H,6-9,11-12H2,1-2H3/t16-/m0/s1. The molecule has 1 heterocycles. The van der Waals surface area contributed by atoms with E-state index in [-0.39, 0.29) is 5.82 Å². The fraction of sp³-hybridized carbons (Fsp3) is 0.625. The zero-order valence-corrected chi connectivity index (χ0v) is 12.4. The van der Waals surface area contributed by atoms with Gasteiger partial charge in [-0.05, 0) is 63.6 Å². The second kappa shape index (κ2) is 7.16. The lowest BCUT2D eigenvalue weighted by atomic mass is 9.96. The summed E-state index contributed by atoms with van der Waals surface area (Å²) in [6.45, 7) is 3.77. The van der Waals surface area contributed by atoms with Crippen molar-refractivity contribution in [2.75, 3.05) is 40.3 Å². The van der Waals surface area contributed by atoms with Gasteiger partial charge in [-0.25, -0.2) is 4.39 Å². The Hall–Kier alpha value is -0.970. The van der Waals surface area contributed by atoms with E-state index in [2.05, 4.69) is 23.9 Å². The Morgan fingerprint density at radius 1 is 1.35 bits per heavy atom. The summed E-state index contributed by atoms with van der Waals surface area (Å²) >= 11 is 0. The smallest absolute Gasteiger partial charge is 0.123 e. The van der Waals surface area contributed by atoms with Gasteiger partial charge in [-0.2, -0.15) is 0 Å². The molecule has 1 aliphatic heterocycles. The zero-order chi connectivity index (χ0) is 14.5. The summed E-state index contributed by atoms with van der Waals surface area (Å²) in [5.41, 5.74) is 0.667. The Bertz CT molecular complexity index is 417. The molecule has 0 bridgehead atoms. The molecule has 2 rings (SSSR count). The minimum Gasteiger partial charge on any atom is -0.387 e.